The van der Waals surface area contributed by atoms with Crippen LogP contribution in [0.1, 0.15) is 10.4 Å². The van der Waals surface area contributed by atoms with Crippen LogP contribution in [0.25, 0.3) is 0 Å². The Hall–Kier alpha value is -2.05. The van der Waals surface area contributed by atoms with E-state index < -0.39 is 15.8 Å². The number of esters is 1. The van der Waals surface area contributed by atoms with Crippen molar-refractivity contribution in [2.24, 2.45) is 0 Å². The van der Waals surface area contributed by atoms with Crippen molar-refractivity contribution in [1.29, 1.82) is 0 Å². The molecule has 0 spiro atoms. The molecule has 0 fully saturated rings. The zero-order chi connectivity index (χ0) is 16.3. The molecule has 0 aromatic heterocycles. The van der Waals surface area contributed by atoms with Gasteiger partial charge in [0.1, 0.15) is 11.5 Å². The molecule has 0 aliphatic heterocycles. The van der Waals surface area contributed by atoms with Gasteiger partial charge in [-0.1, -0.05) is 11.6 Å². The minimum atomic E-state index is -3.53. The van der Waals surface area contributed by atoms with Crippen molar-refractivity contribution in [3.8, 4) is 11.5 Å². The van der Waals surface area contributed by atoms with Gasteiger partial charge in [0.25, 0.3) is 0 Å². The lowest BCUT2D eigenvalue weighted by atomic mass is 10.2. The maximum absolute atomic E-state index is 12.1. The first-order valence-corrected chi connectivity index (χ1v) is 8.44. The molecular weight excluding hydrogens is 328 g/mol. The van der Waals surface area contributed by atoms with Gasteiger partial charge in [-0.2, -0.15) is 0 Å². The van der Waals surface area contributed by atoms with Crippen molar-refractivity contribution >= 4 is 27.4 Å². The van der Waals surface area contributed by atoms with E-state index in [1.54, 1.807) is 24.3 Å². The highest BCUT2D eigenvalue weighted by Gasteiger charge is 2.17. The van der Waals surface area contributed by atoms with E-state index in [4.69, 9.17) is 21.1 Å². The second-order valence-electron chi connectivity index (χ2n) is 4.48. The van der Waals surface area contributed by atoms with Crippen molar-refractivity contribution in [3.63, 3.8) is 0 Å². The Bertz CT molecular complexity index is 797. The molecule has 0 aliphatic rings. The Morgan fingerprint density at radius 1 is 1.05 bits per heavy atom. The molecule has 0 aliphatic carbocycles. The maximum Gasteiger partial charge on any atom is 0.343 e. The van der Waals surface area contributed by atoms with Crippen LogP contribution in [-0.4, -0.2) is 27.8 Å². The van der Waals surface area contributed by atoms with Crippen molar-refractivity contribution in [2.45, 2.75) is 4.90 Å². The number of ether oxygens (including phenoxy) is 2. The van der Waals surface area contributed by atoms with E-state index in [-0.39, 0.29) is 15.5 Å². The monoisotopic (exact) mass is 340 g/mol. The van der Waals surface area contributed by atoms with Gasteiger partial charge in [-0.15, -0.1) is 0 Å². The fourth-order valence-corrected chi connectivity index (χ4v) is 3.03. The van der Waals surface area contributed by atoms with Crippen LogP contribution in [-0.2, 0) is 9.84 Å². The second kappa shape index (κ2) is 6.37. The normalized spacial score (nSPS) is 11.0. The highest BCUT2D eigenvalue weighted by Crippen LogP contribution is 2.24. The minimum Gasteiger partial charge on any atom is -0.497 e. The summed E-state index contributed by atoms with van der Waals surface area (Å²) in [5, 5.41) is 0.0588. The molecule has 0 unspecified atom stereocenters. The largest absolute Gasteiger partial charge is 0.497 e. The van der Waals surface area contributed by atoms with E-state index in [1.165, 1.54) is 25.3 Å². The molecule has 0 atom stereocenters. The van der Waals surface area contributed by atoms with E-state index in [2.05, 4.69) is 0 Å². The predicted octanol–water partition coefficient (Wildman–Crippen LogP) is 2.97. The lowest BCUT2D eigenvalue weighted by molar-refractivity contribution is 0.0734. The van der Waals surface area contributed by atoms with E-state index >= 15 is 0 Å². The molecule has 0 saturated carbocycles. The molecule has 0 bridgehead atoms. The molecule has 116 valence electrons. The van der Waals surface area contributed by atoms with Crippen LogP contribution >= 0.6 is 11.6 Å². The van der Waals surface area contributed by atoms with Crippen LogP contribution in [0.2, 0.25) is 5.02 Å². The molecule has 0 radical (unpaired) electrons. The molecule has 2 aromatic rings. The molecule has 2 aromatic carbocycles. The number of halogens is 1. The fourth-order valence-electron chi connectivity index (χ4n) is 1.72. The number of methoxy groups -OCH3 is 1. The highest BCUT2D eigenvalue weighted by atomic mass is 35.5. The Kier molecular flexibility index (Phi) is 4.73. The van der Waals surface area contributed by atoms with Gasteiger partial charge >= 0.3 is 5.97 Å². The summed E-state index contributed by atoms with van der Waals surface area (Å²) in [6, 6.07) is 10.4. The van der Waals surface area contributed by atoms with Crippen LogP contribution in [0.15, 0.2) is 47.4 Å². The van der Waals surface area contributed by atoms with Crippen LogP contribution in [0.4, 0.5) is 0 Å². The highest BCUT2D eigenvalue weighted by molar-refractivity contribution is 7.90. The molecular formula is C15H13ClO5S. The molecule has 0 N–H and O–H groups in total. The summed E-state index contributed by atoms with van der Waals surface area (Å²) < 4.78 is 33.4. The van der Waals surface area contributed by atoms with Gasteiger partial charge in [-0.05, 0) is 42.5 Å². The first-order valence-electron chi connectivity index (χ1n) is 6.17. The van der Waals surface area contributed by atoms with Gasteiger partial charge in [0.15, 0.2) is 9.84 Å². The summed E-state index contributed by atoms with van der Waals surface area (Å²) in [5.41, 5.74) is 0.0978. The van der Waals surface area contributed by atoms with Crippen LogP contribution in [0, 0.1) is 0 Å². The fraction of sp³-hybridized carbons (Fsp3) is 0.133. The Balaban J connectivity index is 2.26. The van der Waals surface area contributed by atoms with Crippen molar-refractivity contribution < 1.29 is 22.7 Å². The molecule has 5 nitrogen and oxygen atoms in total. The topological polar surface area (TPSA) is 69.7 Å². The number of hydrogen-bond donors (Lipinski definition) is 0. The average molecular weight is 341 g/mol. The third kappa shape index (κ3) is 3.78. The summed E-state index contributed by atoms with van der Waals surface area (Å²) >= 11 is 5.83. The number of rotatable bonds is 4. The summed E-state index contributed by atoms with van der Waals surface area (Å²) in [4.78, 5) is 12.0. The minimum absolute atomic E-state index is 0.0588. The number of hydrogen-bond acceptors (Lipinski definition) is 5. The van der Waals surface area contributed by atoms with Crippen molar-refractivity contribution in [2.75, 3.05) is 13.4 Å². The third-order valence-electron chi connectivity index (χ3n) is 2.84. The van der Waals surface area contributed by atoms with Gasteiger partial charge in [0.05, 0.1) is 22.6 Å². The zero-order valence-corrected chi connectivity index (χ0v) is 13.4. The number of carbonyl (C=O) groups is 1. The molecule has 2 rings (SSSR count). The standard InChI is InChI=1S/C15H13ClO5S/c1-20-11-4-6-12(7-5-11)21-15(17)10-3-8-13(16)14(9-10)22(2,18)19/h3-9H,1-2H3. The Morgan fingerprint density at radius 3 is 2.18 bits per heavy atom. The van der Waals surface area contributed by atoms with Gasteiger partial charge in [0.2, 0.25) is 0 Å². The number of benzene rings is 2. The van der Waals surface area contributed by atoms with Crippen LogP contribution in [0.3, 0.4) is 0 Å². The first-order chi connectivity index (χ1) is 10.3. The van der Waals surface area contributed by atoms with E-state index in [0.29, 0.717) is 11.5 Å². The zero-order valence-electron chi connectivity index (χ0n) is 11.9. The maximum atomic E-state index is 12.1. The van der Waals surface area contributed by atoms with Gasteiger partial charge in [0, 0.05) is 6.26 Å². The lowest BCUT2D eigenvalue weighted by Crippen LogP contribution is -2.10. The van der Waals surface area contributed by atoms with Gasteiger partial charge < -0.3 is 9.47 Å². The lowest BCUT2D eigenvalue weighted by Gasteiger charge is -2.07. The molecule has 0 heterocycles. The Morgan fingerprint density at radius 2 is 1.64 bits per heavy atom. The van der Waals surface area contributed by atoms with Crippen molar-refractivity contribution in [3.05, 3.63) is 53.1 Å². The molecule has 7 heteroatoms. The quantitative estimate of drug-likeness (QED) is 0.632. The van der Waals surface area contributed by atoms with Gasteiger partial charge in [-0.25, -0.2) is 13.2 Å². The predicted molar refractivity (Wildman–Crippen MR) is 82.5 cm³/mol. The summed E-state index contributed by atoms with van der Waals surface area (Å²) in [5.74, 6) is 0.277. The molecule has 22 heavy (non-hydrogen) atoms. The third-order valence-corrected chi connectivity index (χ3v) is 4.41. The van der Waals surface area contributed by atoms with Crippen LogP contribution in [0.5, 0.6) is 11.5 Å². The Labute approximate surface area is 133 Å². The summed E-state index contributed by atoms with van der Waals surface area (Å²) in [6.45, 7) is 0. The first kappa shape index (κ1) is 16.3. The van der Waals surface area contributed by atoms with E-state index in [9.17, 15) is 13.2 Å². The molecule has 0 saturated heterocycles. The molecule has 0 amide bonds. The second-order valence-corrected chi connectivity index (χ2v) is 6.87. The number of carbonyl (C=O) groups excluding carboxylic acids is 1. The SMILES string of the molecule is COc1ccc(OC(=O)c2ccc(Cl)c(S(C)(=O)=O)c2)cc1. The number of sulfone groups is 1. The van der Waals surface area contributed by atoms with Crippen molar-refractivity contribution in [1.82, 2.24) is 0 Å². The summed E-state index contributed by atoms with van der Waals surface area (Å²) in [7, 11) is -2.00. The summed E-state index contributed by atoms with van der Waals surface area (Å²) in [6.07, 6.45) is 1.02. The van der Waals surface area contributed by atoms with Gasteiger partial charge in [-0.3, -0.25) is 0 Å². The van der Waals surface area contributed by atoms with E-state index in [0.717, 1.165) is 6.26 Å². The van der Waals surface area contributed by atoms with E-state index in [1.807, 2.05) is 0 Å². The van der Waals surface area contributed by atoms with Crippen LogP contribution < -0.4 is 9.47 Å². The smallest absolute Gasteiger partial charge is 0.343 e. The average Bonchev–Trinajstić information content (AvgIpc) is 2.47.